The molecule has 0 aromatic heterocycles. The summed E-state index contributed by atoms with van der Waals surface area (Å²) in [4.78, 5) is 15.7. The number of aliphatic hydroxyl groups is 1. The number of anilines is 1. The highest BCUT2D eigenvalue weighted by atomic mass is 16.5. The predicted octanol–water partition coefficient (Wildman–Crippen LogP) is 2.31. The lowest BCUT2D eigenvalue weighted by molar-refractivity contribution is -0.117. The molecule has 1 aliphatic rings. The summed E-state index contributed by atoms with van der Waals surface area (Å²) < 4.78 is 104. The number of β-amino-alcohol motifs (C(OH)–C–C–N with tert-alkyl or cyclic N) is 1. The quantitative estimate of drug-likeness (QED) is 0.625. The van der Waals surface area contributed by atoms with E-state index in [1.54, 1.807) is 4.90 Å². The van der Waals surface area contributed by atoms with E-state index in [1.165, 1.54) is 47.4 Å². The first-order valence-corrected chi connectivity index (χ1v) is 9.66. The largest absolute Gasteiger partial charge is 0.493 e. The highest BCUT2D eigenvalue weighted by Crippen LogP contribution is 2.25. The molecule has 0 radical (unpaired) electrons. The van der Waals surface area contributed by atoms with E-state index in [4.69, 9.17) is 25.9 Å². The van der Waals surface area contributed by atoms with E-state index in [0.29, 0.717) is 0 Å². The van der Waals surface area contributed by atoms with E-state index >= 15 is 0 Å². The summed E-state index contributed by atoms with van der Waals surface area (Å²) in [5.74, 6) is -0.933. The van der Waals surface area contributed by atoms with Crippen molar-refractivity contribution < 1.29 is 35.8 Å². The van der Waals surface area contributed by atoms with Crippen LogP contribution < -0.4 is 14.8 Å². The fourth-order valence-electron chi connectivity index (χ4n) is 3.10. The second-order valence-electron chi connectivity index (χ2n) is 6.94. The summed E-state index contributed by atoms with van der Waals surface area (Å²) in [5.41, 5.74) is -0.915. The molecule has 168 valence electrons. The monoisotopic (exact) mass is 439 g/mol. The molecular formula is C24H33N3O4. The number of ether oxygens (including phenoxy) is 2. The maximum Gasteiger partial charge on any atom is 0.238 e. The number of hydrogen-bond donors (Lipinski definition) is 2. The Labute approximate surface area is 201 Å². The average molecular weight is 440 g/mol. The van der Waals surface area contributed by atoms with Crippen LogP contribution in [0.4, 0.5) is 5.69 Å². The fraction of sp³-hybridized carbons (Fsp3) is 0.458. The van der Waals surface area contributed by atoms with Crippen molar-refractivity contribution in [3.63, 3.8) is 0 Å². The fourth-order valence-corrected chi connectivity index (χ4v) is 3.10. The molecule has 31 heavy (non-hydrogen) atoms. The van der Waals surface area contributed by atoms with Crippen molar-refractivity contribution in [2.45, 2.75) is 19.8 Å². The first-order valence-electron chi connectivity index (χ1n) is 15.7. The van der Waals surface area contributed by atoms with Crippen molar-refractivity contribution in [3.05, 3.63) is 53.6 Å². The van der Waals surface area contributed by atoms with Gasteiger partial charge in [0.25, 0.3) is 0 Å². The number of rotatable bonds is 9. The molecule has 0 aliphatic carbocycles. The molecule has 1 atom stereocenters. The number of benzene rings is 2. The topological polar surface area (TPSA) is 74.3 Å². The lowest BCUT2D eigenvalue weighted by Gasteiger charge is -2.35. The molecule has 2 aromatic rings. The van der Waals surface area contributed by atoms with Gasteiger partial charge in [-0.1, -0.05) is 30.3 Å². The zero-order chi connectivity index (χ0) is 32.4. The van der Waals surface area contributed by atoms with Crippen LogP contribution in [-0.4, -0.2) is 79.8 Å². The maximum absolute atomic E-state index is 12.9. The van der Waals surface area contributed by atoms with E-state index in [2.05, 4.69) is 5.32 Å². The maximum atomic E-state index is 12.9. The minimum Gasteiger partial charge on any atom is -0.493 e. The number of nitrogens with one attached hydrogen (secondary N) is 1. The summed E-state index contributed by atoms with van der Waals surface area (Å²) in [6.07, 6.45) is -2.80. The minimum atomic E-state index is -2.80. The van der Waals surface area contributed by atoms with Gasteiger partial charge in [-0.15, -0.1) is 0 Å². The van der Waals surface area contributed by atoms with Gasteiger partial charge in [-0.05, 0) is 37.0 Å². The molecular weight excluding hydrogens is 394 g/mol. The van der Waals surface area contributed by atoms with Crippen molar-refractivity contribution in [1.82, 2.24) is 9.80 Å². The van der Waals surface area contributed by atoms with E-state index in [9.17, 15) is 9.90 Å². The molecule has 0 bridgehead atoms. The zero-order valence-electron chi connectivity index (χ0n) is 28.9. The van der Waals surface area contributed by atoms with Crippen LogP contribution in [0.15, 0.2) is 42.5 Å². The number of hydrogen-bond acceptors (Lipinski definition) is 6. The molecule has 0 saturated carbocycles. The van der Waals surface area contributed by atoms with Crippen LogP contribution in [0.2, 0.25) is 0 Å². The van der Waals surface area contributed by atoms with Crippen LogP contribution in [0.3, 0.4) is 0 Å². The molecule has 0 spiro atoms. The van der Waals surface area contributed by atoms with Crippen LogP contribution in [0, 0.1) is 13.7 Å². The summed E-state index contributed by atoms with van der Waals surface area (Å²) in [5, 5.41) is 13.2. The Hall–Kier alpha value is -2.61. The molecule has 1 heterocycles. The van der Waals surface area contributed by atoms with Gasteiger partial charge in [0.2, 0.25) is 5.91 Å². The van der Waals surface area contributed by atoms with Gasteiger partial charge in [0.1, 0.15) is 12.7 Å². The van der Waals surface area contributed by atoms with Crippen molar-refractivity contribution >= 4 is 11.6 Å². The molecule has 2 N–H and O–H groups in total. The smallest absolute Gasteiger partial charge is 0.238 e. The molecule has 1 fully saturated rings. The lowest BCUT2D eigenvalue weighted by Crippen LogP contribution is -2.50. The van der Waals surface area contributed by atoms with Gasteiger partial charge in [-0.2, -0.15) is 0 Å². The summed E-state index contributed by atoms with van der Waals surface area (Å²) in [7, 11) is -2.78. The van der Waals surface area contributed by atoms with Gasteiger partial charge in [-0.3, -0.25) is 14.6 Å². The SMILES string of the molecule is [2H]C([2H])([2H])Oc1ccccc1OCC([2H])(O)C([2H])([2H])N1CCN(CC(=O)Nc2c(C([2H])([2H])[2H])cccc2C([2H])([2H])[2H])CC1. The summed E-state index contributed by atoms with van der Waals surface area (Å²) in [6, 6.07) is 9.44. The van der Waals surface area contributed by atoms with Crippen LogP contribution in [0.1, 0.15) is 27.6 Å². The van der Waals surface area contributed by atoms with E-state index in [1.807, 2.05) is 0 Å². The van der Waals surface area contributed by atoms with Gasteiger partial charge in [0.05, 0.1) is 19.1 Å². The Morgan fingerprint density at radius 2 is 1.81 bits per heavy atom. The highest BCUT2D eigenvalue weighted by molar-refractivity contribution is 5.93. The third-order valence-corrected chi connectivity index (χ3v) is 4.68. The third-order valence-electron chi connectivity index (χ3n) is 4.68. The van der Waals surface area contributed by atoms with E-state index in [0.717, 1.165) is 0 Å². The van der Waals surface area contributed by atoms with Gasteiger partial charge in [0, 0.05) is 49.3 Å². The van der Waals surface area contributed by atoms with Gasteiger partial charge >= 0.3 is 0 Å². The molecule has 7 heteroatoms. The molecule has 1 saturated heterocycles. The van der Waals surface area contributed by atoms with Crippen molar-refractivity contribution in [2.75, 3.05) is 58.2 Å². The highest BCUT2D eigenvalue weighted by Gasteiger charge is 2.21. The number of nitrogens with zero attached hydrogens (tertiary/aromatic N) is 2. The Morgan fingerprint density at radius 3 is 2.48 bits per heavy atom. The number of methoxy groups -OCH3 is 1. The third kappa shape index (κ3) is 6.69. The molecule has 7 nitrogen and oxygen atoms in total. The number of aryl methyl sites for hydroxylation is 2. The number of piperazine rings is 1. The van der Waals surface area contributed by atoms with E-state index < -0.39 is 45.8 Å². The Morgan fingerprint density at radius 1 is 1.13 bits per heavy atom. The normalized spacial score (nSPS) is 24.4. The Balaban J connectivity index is 1.63. The van der Waals surface area contributed by atoms with Gasteiger partial charge in [0.15, 0.2) is 11.5 Å². The van der Waals surface area contributed by atoms with Crippen LogP contribution in [0.5, 0.6) is 11.5 Å². The average Bonchev–Trinajstić information content (AvgIpc) is 2.86. The van der Waals surface area contributed by atoms with Crippen LogP contribution in [0.25, 0.3) is 0 Å². The molecule has 1 aliphatic heterocycles. The van der Waals surface area contributed by atoms with Crippen molar-refractivity contribution in [3.8, 4) is 11.5 Å². The second kappa shape index (κ2) is 11.1. The van der Waals surface area contributed by atoms with Gasteiger partial charge < -0.3 is 19.9 Å². The number of carbonyl (C=O) groups excluding carboxylic acids is 1. The lowest BCUT2D eigenvalue weighted by atomic mass is 10.1. The molecule has 2 aromatic carbocycles. The standard InChI is InChI=1S/C24H33N3O4/c1-18-7-6-8-19(2)24(18)25-23(29)16-27-13-11-26(12-14-27)15-20(28)17-31-22-10-5-4-9-21(22)30-3/h4-10,20,28H,11-17H2,1-3H3,(H,25,29)/i1D3,2D3,3D3,15D2,20D. The van der Waals surface area contributed by atoms with Crippen LogP contribution in [-0.2, 0) is 4.79 Å². The second-order valence-corrected chi connectivity index (χ2v) is 6.94. The first kappa shape index (κ1) is 11.9. The minimum absolute atomic E-state index is 0.00735. The molecule has 1 unspecified atom stereocenters. The summed E-state index contributed by atoms with van der Waals surface area (Å²) >= 11 is 0. The number of carbonyl (C=O) groups is 1. The summed E-state index contributed by atoms with van der Waals surface area (Å²) in [6.45, 7) is -8.85. The van der Waals surface area contributed by atoms with Crippen molar-refractivity contribution in [1.29, 1.82) is 0 Å². The van der Waals surface area contributed by atoms with E-state index in [-0.39, 0.29) is 61.0 Å². The molecule has 1 amide bonds. The molecule has 3 rings (SSSR count). The Kier molecular flexibility index (Phi) is 4.26. The number of amides is 1. The first-order chi connectivity index (χ1) is 19.6. The predicted molar refractivity (Wildman–Crippen MR) is 122 cm³/mol. The van der Waals surface area contributed by atoms with Crippen LogP contribution >= 0.6 is 0 Å². The zero-order valence-corrected chi connectivity index (χ0v) is 16.9. The Bertz CT molecular complexity index is 1240. The van der Waals surface area contributed by atoms with Crippen molar-refractivity contribution in [2.24, 2.45) is 0 Å². The van der Waals surface area contributed by atoms with Gasteiger partial charge in [-0.25, -0.2) is 0 Å². The number of para-hydroxylation sites is 3.